The second kappa shape index (κ2) is 8.15. The molecule has 0 saturated carbocycles. The Morgan fingerprint density at radius 3 is 2.75 bits per heavy atom. The molecule has 0 atom stereocenters. The molecule has 0 fully saturated rings. The summed E-state index contributed by atoms with van der Waals surface area (Å²) in [6.07, 6.45) is 6.63. The Hall–Kier alpha value is -2.08. The third-order valence-electron chi connectivity index (χ3n) is 3.38. The maximum absolute atomic E-state index is 12.3. The smallest absolute Gasteiger partial charge is 0.189 e. The minimum Gasteiger partial charge on any atom is -0.492 e. The Bertz CT molecular complexity index is 751. The van der Waals surface area contributed by atoms with Gasteiger partial charge in [-0.05, 0) is 60.5 Å². The first-order chi connectivity index (χ1) is 11.5. The number of carbonyl (C=O) groups is 1. The van der Waals surface area contributed by atoms with E-state index in [0.29, 0.717) is 23.7 Å². The summed E-state index contributed by atoms with van der Waals surface area (Å²) in [6, 6.07) is 3.94. The van der Waals surface area contributed by atoms with Gasteiger partial charge >= 0.3 is 0 Å². The topological polar surface area (TPSA) is 53.3 Å². The lowest BCUT2D eigenvalue weighted by atomic mass is 10.1. The van der Waals surface area contributed by atoms with Crippen molar-refractivity contribution >= 4 is 27.8 Å². The van der Waals surface area contributed by atoms with E-state index in [4.69, 9.17) is 9.47 Å². The Kier molecular flexibility index (Phi) is 6.20. The number of hydrogen-bond donors (Lipinski definition) is 0. The molecule has 0 aliphatic rings. The molecule has 5 nitrogen and oxygen atoms in total. The number of aromatic nitrogens is 2. The van der Waals surface area contributed by atoms with Gasteiger partial charge in [0.1, 0.15) is 0 Å². The zero-order valence-corrected chi connectivity index (χ0v) is 15.8. The van der Waals surface area contributed by atoms with Crippen molar-refractivity contribution in [1.29, 1.82) is 0 Å². The molecule has 0 aliphatic heterocycles. The minimum atomic E-state index is -0.0909. The average molecular weight is 393 g/mol. The standard InChI is InChI=1S/C18H21BrN2O3/c1-5-24-17-9-13(8-15(19)18(17)23-4)6-7-16(22)14-10-20-21(11-14)12(2)3/h6-12H,5H2,1-4H3. The molecule has 0 spiro atoms. The number of allylic oxidation sites excluding steroid dienone is 1. The van der Waals surface area contributed by atoms with Crippen molar-refractivity contribution in [3.8, 4) is 11.5 Å². The predicted molar refractivity (Wildman–Crippen MR) is 97.8 cm³/mol. The van der Waals surface area contributed by atoms with E-state index < -0.39 is 0 Å². The van der Waals surface area contributed by atoms with Gasteiger partial charge in [0.25, 0.3) is 0 Å². The molecule has 128 valence electrons. The van der Waals surface area contributed by atoms with Crippen LogP contribution in [0.5, 0.6) is 11.5 Å². The summed E-state index contributed by atoms with van der Waals surface area (Å²) in [7, 11) is 1.59. The fourth-order valence-electron chi connectivity index (χ4n) is 2.16. The Balaban J connectivity index is 2.22. The number of benzene rings is 1. The highest BCUT2D eigenvalue weighted by Gasteiger charge is 2.11. The monoisotopic (exact) mass is 392 g/mol. The molecule has 6 heteroatoms. The summed E-state index contributed by atoms with van der Waals surface area (Å²) in [5.74, 6) is 1.18. The summed E-state index contributed by atoms with van der Waals surface area (Å²) in [5.41, 5.74) is 1.41. The van der Waals surface area contributed by atoms with Gasteiger partial charge in [0.15, 0.2) is 17.3 Å². The highest BCUT2D eigenvalue weighted by molar-refractivity contribution is 9.10. The molecule has 0 bridgehead atoms. The highest BCUT2D eigenvalue weighted by Crippen LogP contribution is 2.36. The first kappa shape index (κ1) is 18.3. The van der Waals surface area contributed by atoms with Crippen molar-refractivity contribution in [1.82, 2.24) is 9.78 Å². The highest BCUT2D eigenvalue weighted by atomic mass is 79.9. The molecule has 1 aromatic heterocycles. The number of rotatable bonds is 7. The van der Waals surface area contributed by atoms with Crippen molar-refractivity contribution in [3.05, 3.63) is 46.2 Å². The summed E-state index contributed by atoms with van der Waals surface area (Å²) in [4.78, 5) is 12.3. The van der Waals surface area contributed by atoms with E-state index in [9.17, 15) is 4.79 Å². The van der Waals surface area contributed by atoms with E-state index in [1.54, 1.807) is 30.3 Å². The zero-order valence-electron chi connectivity index (χ0n) is 14.2. The van der Waals surface area contributed by atoms with Crippen LogP contribution in [-0.4, -0.2) is 29.3 Å². The van der Waals surface area contributed by atoms with Crippen molar-refractivity contribution in [2.24, 2.45) is 0 Å². The molecule has 1 aromatic carbocycles. The molecule has 0 aliphatic carbocycles. The largest absolute Gasteiger partial charge is 0.492 e. The lowest BCUT2D eigenvalue weighted by molar-refractivity contribution is 0.104. The van der Waals surface area contributed by atoms with Crippen molar-refractivity contribution < 1.29 is 14.3 Å². The van der Waals surface area contributed by atoms with E-state index in [0.717, 1.165) is 10.0 Å². The van der Waals surface area contributed by atoms with Crippen LogP contribution in [0.3, 0.4) is 0 Å². The second-order valence-corrected chi connectivity index (χ2v) is 6.32. The summed E-state index contributed by atoms with van der Waals surface area (Å²) in [6.45, 7) is 6.47. The third-order valence-corrected chi connectivity index (χ3v) is 3.97. The van der Waals surface area contributed by atoms with Gasteiger partial charge in [0, 0.05) is 12.2 Å². The van der Waals surface area contributed by atoms with Crippen molar-refractivity contribution in [3.63, 3.8) is 0 Å². The minimum absolute atomic E-state index is 0.0909. The van der Waals surface area contributed by atoms with E-state index in [-0.39, 0.29) is 11.8 Å². The summed E-state index contributed by atoms with van der Waals surface area (Å²) < 4.78 is 13.4. The van der Waals surface area contributed by atoms with Crippen LogP contribution >= 0.6 is 15.9 Å². The molecule has 0 saturated heterocycles. The number of halogens is 1. The van der Waals surface area contributed by atoms with E-state index in [1.807, 2.05) is 32.9 Å². The SMILES string of the molecule is CCOc1cc(C=CC(=O)c2cnn(C(C)C)c2)cc(Br)c1OC. The first-order valence-corrected chi connectivity index (χ1v) is 8.52. The van der Waals surface area contributed by atoms with E-state index in [2.05, 4.69) is 21.0 Å². The molecule has 24 heavy (non-hydrogen) atoms. The summed E-state index contributed by atoms with van der Waals surface area (Å²) >= 11 is 3.46. The molecule has 0 amide bonds. The van der Waals surface area contributed by atoms with Gasteiger partial charge in [0.2, 0.25) is 0 Å². The lowest BCUT2D eigenvalue weighted by Gasteiger charge is -2.11. The Morgan fingerprint density at radius 1 is 1.42 bits per heavy atom. The van der Waals surface area contributed by atoms with Crippen LogP contribution in [0.2, 0.25) is 0 Å². The quantitative estimate of drug-likeness (QED) is 0.512. The van der Waals surface area contributed by atoms with Crippen LogP contribution < -0.4 is 9.47 Å². The van der Waals surface area contributed by atoms with E-state index >= 15 is 0 Å². The number of ether oxygens (including phenoxy) is 2. The number of carbonyl (C=O) groups excluding carboxylic acids is 1. The number of ketones is 1. The Morgan fingerprint density at radius 2 is 2.17 bits per heavy atom. The van der Waals surface area contributed by atoms with Gasteiger partial charge in [-0.15, -0.1) is 0 Å². The van der Waals surface area contributed by atoms with Gasteiger partial charge in [-0.3, -0.25) is 9.48 Å². The molecule has 0 unspecified atom stereocenters. The van der Waals surface area contributed by atoms with Gasteiger partial charge in [-0.2, -0.15) is 5.10 Å². The molecule has 2 aromatic rings. The fraction of sp³-hybridized carbons (Fsp3) is 0.333. The number of nitrogens with zero attached hydrogens (tertiary/aromatic N) is 2. The normalized spacial score (nSPS) is 11.2. The Labute approximate surface area is 150 Å². The van der Waals surface area contributed by atoms with Crippen LogP contribution in [0.4, 0.5) is 0 Å². The molecule has 0 radical (unpaired) electrons. The van der Waals surface area contributed by atoms with Gasteiger partial charge in [-0.25, -0.2) is 0 Å². The maximum atomic E-state index is 12.3. The molecular weight excluding hydrogens is 372 g/mol. The second-order valence-electron chi connectivity index (χ2n) is 5.47. The predicted octanol–water partition coefficient (Wildman–Crippen LogP) is 4.53. The van der Waals surface area contributed by atoms with Gasteiger partial charge in [-0.1, -0.05) is 6.08 Å². The van der Waals surface area contributed by atoms with Gasteiger partial charge < -0.3 is 9.47 Å². The fourth-order valence-corrected chi connectivity index (χ4v) is 2.78. The summed E-state index contributed by atoms with van der Waals surface area (Å²) in [5, 5.41) is 4.18. The molecular formula is C18H21BrN2O3. The van der Waals surface area contributed by atoms with Crippen LogP contribution in [0.15, 0.2) is 35.1 Å². The third kappa shape index (κ3) is 4.26. The maximum Gasteiger partial charge on any atom is 0.189 e. The molecule has 2 rings (SSSR count). The number of hydrogen-bond acceptors (Lipinski definition) is 4. The van der Waals surface area contributed by atoms with E-state index in [1.165, 1.54) is 6.08 Å². The van der Waals surface area contributed by atoms with Gasteiger partial charge in [0.05, 0.1) is 29.9 Å². The molecule has 1 heterocycles. The zero-order chi connectivity index (χ0) is 17.7. The van der Waals surface area contributed by atoms with Crippen molar-refractivity contribution in [2.75, 3.05) is 13.7 Å². The average Bonchev–Trinajstić information content (AvgIpc) is 3.03. The number of methoxy groups -OCH3 is 1. The molecule has 0 N–H and O–H groups in total. The van der Waals surface area contributed by atoms with Crippen LogP contribution in [0.1, 0.15) is 42.7 Å². The van der Waals surface area contributed by atoms with Crippen LogP contribution in [0, 0.1) is 0 Å². The van der Waals surface area contributed by atoms with Crippen LogP contribution in [0.25, 0.3) is 6.08 Å². The lowest BCUT2D eigenvalue weighted by Crippen LogP contribution is -2.00. The van der Waals surface area contributed by atoms with Crippen LogP contribution in [-0.2, 0) is 0 Å². The van der Waals surface area contributed by atoms with Crippen molar-refractivity contribution in [2.45, 2.75) is 26.8 Å². The first-order valence-electron chi connectivity index (χ1n) is 7.73.